The SMILES string of the molecule is CCC(=O)Nc1cc(C(=O)NCc2ccc(C)c(C(F)(F)I)c2)ccn1. The summed E-state index contributed by atoms with van der Waals surface area (Å²) < 4.78 is 24.2. The van der Waals surface area contributed by atoms with E-state index in [1.54, 1.807) is 26.0 Å². The smallest absolute Gasteiger partial charge is 0.321 e. The van der Waals surface area contributed by atoms with E-state index >= 15 is 0 Å². The first-order valence-electron chi connectivity index (χ1n) is 7.91. The Balaban J connectivity index is 2.07. The molecule has 0 aliphatic rings. The third-order valence-electron chi connectivity index (χ3n) is 3.67. The van der Waals surface area contributed by atoms with E-state index in [1.807, 2.05) is 0 Å². The predicted octanol–water partition coefficient (Wildman–Crippen LogP) is 4.15. The highest BCUT2D eigenvalue weighted by molar-refractivity contribution is 14.1. The van der Waals surface area contributed by atoms with Gasteiger partial charge >= 0.3 is 3.93 Å². The second-order valence-corrected chi connectivity index (χ2v) is 7.02. The first kappa shape index (κ1) is 20.2. The molecule has 0 atom stereocenters. The fraction of sp³-hybridized carbons (Fsp3) is 0.278. The standard InChI is InChI=1S/C18H18F2IN3O2/c1-3-16(25)24-15-9-13(6-7-22-15)17(26)23-10-12-5-4-11(2)14(8-12)18(19,20)21/h4-9H,3,10H2,1-2H3,(H,23,26)(H,22,24,25). The molecule has 0 bridgehead atoms. The summed E-state index contributed by atoms with van der Waals surface area (Å²) in [6.07, 6.45) is 1.72. The number of aryl methyl sites for hydroxylation is 1. The van der Waals surface area contributed by atoms with Gasteiger partial charge in [-0.2, -0.15) is 8.78 Å². The minimum Gasteiger partial charge on any atom is -0.348 e. The van der Waals surface area contributed by atoms with Crippen LogP contribution in [-0.4, -0.2) is 16.8 Å². The number of nitrogens with one attached hydrogen (secondary N) is 2. The summed E-state index contributed by atoms with van der Waals surface area (Å²) >= 11 is 1.09. The average molecular weight is 473 g/mol. The van der Waals surface area contributed by atoms with Crippen molar-refractivity contribution < 1.29 is 18.4 Å². The van der Waals surface area contributed by atoms with E-state index < -0.39 is 3.93 Å². The van der Waals surface area contributed by atoms with Gasteiger partial charge in [-0.25, -0.2) is 4.98 Å². The van der Waals surface area contributed by atoms with Crippen molar-refractivity contribution in [3.8, 4) is 0 Å². The van der Waals surface area contributed by atoms with Crippen molar-refractivity contribution in [2.75, 3.05) is 5.32 Å². The first-order valence-corrected chi connectivity index (χ1v) is 8.99. The van der Waals surface area contributed by atoms with Crippen molar-refractivity contribution >= 4 is 40.2 Å². The van der Waals surface area contributed by atoms with Crippen LogP contribution >= 0.6 is 22.6 Å². The third-order valence-corrected chi connectivity index (χ3v) is 4.25. The highest BCUT2D eigenvalue weighted by Crippen LogP contribution is 2.37. The second-order valence-electron chi connectivity index (χ2n) is 5.66. The van der Waals surface area contributed by atoms with Crippen LogP contribution in [0.25, 0.3) is 0 Å². The largest absolute Gasteiger partial charge is 0.348 e. The Morgan fingerprint density at radius 1 is 1.23 bits per heavy atom. The van der Waals surface area contributed by atoms with Crippen LogP contribution in [0.4, 0.5) is 14.6 Å². The zero-order chi connectivity index (χ0) is 19.3. The number of carbonyl (C=O) groups excluding carboxylic acids is 2. The summed E-state index contributed by atoms with van der Waals surface area (Å²) in [6.45, 7) is 3.44. The Labute approximate surface area is 163 Å². The average Bonchev–Trinajstić information content (AvgIpc) is 2.59. The number of hydrogen-bond acceptors (Lipinski definition) is 3. The Morgan fingerprint density at radius 2 is 1.96 bits per heavy atom. The normalized spacial score (nSPS) is 11.1. The van der Waals surface area contributed by atoms with Gasteiger partial charge in [-0.05, 0) is 36.2 Å². The second kappa shape index (κ2) is 8.52. The van der Waals surface area contributed by atoms with Crippen molar-refractivity contribution in [2.45, 2.75) is 30.7 Å². The molecule has 138 valence electrons. The van der Waals surface area contributed by atoms with Crippen molar-refractivity contribution in [1.29, 1.82) is 0 Å². The first-order chi connectivity index (χ1) is 12.2. The zero-order valence-corrected chi connectivity index (χ0v) is 16.4. The van der Waals surface area contributed by atoms with Crippen molar-refractivity contribution in [2.24, 2.45) is 0 Å². The number of nitrogens with zero attached hydrogens (tertiary/aromatic N) is 1. The topological polar surface area (TPSA) is 71.1 Å². The maximum atomic E-state index is 13.6. The molecule has 1 heterocycles. The molecule has 8 heteroatoms. The Hall–Kier alpha value is -2.10. The highest BCUT2D eigenvalue weighted by Gasteiger charge is 2.28. The van der Waals surface area contributed by atoms with E-state index in [0.717, 1.165) is 22.6 Å². The van der Waals surface area contributed by atoms with E-state index in [2.05, 4.69) is 15.6 Å². The molecule has 2 rings (SSSR count). The minimum absolute atomic E-state index is 0.0710. The van der Waals surface area contributed by atoms with Gasteiger partial charge in [0.05, 0.1) is 0 Å². The lowest BCUT2D eigenvalue weighted by molar-refractivity contribution is -0.115. The summed E-state index contributed by atoms with van der Waals surface area (Å²) in [4.78, 5) is 27.7. The van der Waals surface area contributed by atoms with Gasteiger partial charge in [0.25, 0.3) is 5.91 Å². The van der Waals surface area contributed by atoms with Gasteiger partial charge in [-0.1, -0.05) is 19.1 Å². The van der Waals surface area contributed by atoms with Gasteiger partial charge in [0.15, 0.2) is 0 Å². The van der Waals surface area contributed by atoms with Crippen LogP contribution in [-0.2, 0) is 15.3 Å². The molecular formula is C18H18F2IN3O2. The number of halogens is 3. The summed E-state index contributed by atoms with van der Waals surface area (Å²) in [5.74, 6) is -0.309. The van der Waals surface area contributed by atoms with Crippen LogP contribution in [0.3, 0.4) is 0 Å². The molecule has 0 saturated heterocycles. The quantitative estimate of drug-likeness (QED) is 0.489. The fourth-order valence-corrected chi connectivity index (χ4v) is 2.82. The molecule has 0 unspecified atom stereocenters. The van der Waals surface area contributed by atoms with Crippen LogP contribution in [0.5, 0.6) is 0 Å². The number of amides is 2. The van der Waals surface area contributed by atoms with Crippen LogP contribution in [0, 0.1) is 6.92 Å². The van der Waals surface area contributed by atoms with E-state index in [-0.39, 0.29) is 29.7 Å². The van der Waals surface area contributed by atoms with Gasteiger partial charge in [0.2, 0.25) is 5.91 Å². The predicted molar refractivity (Wildman–Crippen MR) is 103 cm³/mol. The van der Waals surface area contributed by atoms with E-state index in [9.17, 15) is 18.4 Å². The molecule has 2 aromatic rings. The summed E-state index contributed by atoms with van der Waals surface area (Å²) in [6, 6.07) is 7.66. The molecule has 1 aromatic carbocycles. The molecule has 0 fully saturated rings. The van der Waals surface area contributed by atoms with E-state index in [4.69, 9.17) is 0 Å². The number of carbonyl (C=O) groups is 2. The van der Waals surface area contributed by atoms with Gasteiger partial charge in [-0.15, -0.1) is 0 Å². The zero-order valence-electron chi connectivity index (χ0n) is 14.3. The number of alkyl halides is 3. The number of rotatable bonds is 6. The highest BCUT2D eigenvalue weighted by atomic mass is 127. The molecule has 1 aromatic heterocycles. The number of hydrogen-bond donors (Lipinski definition) is 2. The van der Waals surface area contributed by atoms with E-state index in [1.165, 1.54) is 24.4 Å². The molecule has 0 aliphatic heterocycles. The molecule has 5 nitrogen and oxygen atoms in total. The van der Waals surface area contributed by atoms with Crippen molar-refractivity contribution in [3.05, 3.63) is 58.8 Å². The van der Waals surface area contributed by atoms with Gasteiger partial charge < -0.3 is 10.6 Å². The fourth-order valence-electron chi connectivity index (χ4n) is 2.24. The van der Waals surface area contributed by atoms with Crippen molar-refractivity contribution in [1.82, 2.24) is 10.3 Å². The molecule has 0 saturated carbocycles. The number of benzene rings is 1. The maximum Gasteiger partial charge on any atom is 0.321 e. The molecule has 0 radical (unpaired) electrons. The van der Waals surface area contributed by atoms with Crippen molar-refractivity contribution in [3.63, 3.8) is 0 Å². The van der Waals surface area contributed by atoms with Gasteiger partial charge in [-0.3, -0.25) is 9.59 Å². The lowest BCUT2D eigenvalue weighted by atomic mass is 10.1. The van der Waals surface area contributed by atoms with E-state index in [0.29, 0.717) is 23.1 Å². The van der Waals surface area contributed by atoms with Crippen LogP contribution in [0.1, 0.15) is 40.4 Å². The van der Waals surface area contributed by atoms with Gasteiger partial charge in [0.1, 0.15) is 5.82 Å². The Bertz CT molecular complexity index is 822. The third kappa shape index (κ3) is 5.45. The number of pyridine rings is 1. The van der Waals surface area contributed by atoms with Gasteiger partial charge in [0, 0.05) is 52.9 Å². The maximum absolute atomic E-state index is 13.6. The van der Waals surface area contributed by atoms with Crippen LogP contribution < -0.4 is 10.6 Å². The summed E-state index contributed by atoms with van der Waals surface area (Å²) in [7, 11) is 0. The molecule has 2 N–H and O–H groups in total. The number of aromatic nitrogens is 1. The molecule has 0 aliphatic carbocycles. The summed E-state index contributed by atoms with van der Waals surface area (Å²) in [5.41, 5.74) is 1.31. The number of anilines is 1. The monoisotopic (exact) mass is 473 g/mol. The Kier molecular flexibility index (Phi) is 6.63. The Morgan fingerprint density at radius 3 is 2.62 bits per heavy atom. The van der Waals surface area contributed by atoms with Crippen LogP contribution in [0.2, 0.25) is 0 Å². The summed E-state index contributed by atoms with van der Waals surface area (Å²) in [5, 5.41) is 5.26. The lowest BCUT2D eigenvalue weighted by Crippen LogP contribution is -2.23. The molecule has 0 spiro atoms. The van der Waals surface area contributed by atoms with Crippen LogP contribution in [0.15, 0.2) is 36.5 Å². The molecule has 26 heavy (non-hydrogen) atoms. The lowest BCUT2D eigenvalue weighted by Gasteiger charge is -2.14. The minimum atomic E-state index is -2.97. The molecular weight excluding hydrogens is 455 g/mol. The molecule has 2 amide bonds.